The Labute approximate surface area is 132 Å². The van der Waals surface area contributed by atoms with Crippen molar-refractivity contribution in [2.75, 3.05) is 0 Å². The minimum Gasteiger partial charge on any atom is -0.326 e. The Kier molecular flexibility index (Phi) is 11.3. The molecule has 2 rings (SSSR count). The molecule has 0 unspecified atom stereocenters. The zero-order valence-electron chi connectivity index (χ0n) is 12.4. The van der Waals surface area contributed by atoms with E-state index in [1.807, 2.05) is 72.8 Å². The molecule has 0 amide bonds. The van der Waals surface area contributed by atoms with Gasteiger partial charge < -0.3 is 9.79 Å². The molecule has 0 bridgehead atoms. The normalized spacial score (nSPS) is 8.68. The first kappa shape index (κ1) is 19.8. The van der Waals surface area contributed by atoms with Crippen molar-refractivity contribution in [1.82, 2.24) is 0 Å². The fourth-order valence-corrected chi connectivity index (χ4v) is 1.47. The van der Waals surface area contributed by atoms with Crippen LogP contribution in [0.2, 0.25) is 0 Å². The van der Waals surface area contributed by atoms with E-state index in [2.05, 4.69) is 19.7 Å². The summed E-state index contributed by atoms with van der Waals surface area (Å²) < 4.78 is 8.74. The minimum atomic E-state index is -3.13. The Bertz CT molecular complexity index is 576. The highest BCUT2D eigenvalue weighted by molar-refractivity contribution is 7.30. The highest BCUT2D eigenvalue weighted by Gasteiger charge is 1.89. The molecule has 0 heterocycles. The van der Waals surface area contributed by atoms with E-state index in [9.17, 15) is 0 Å². The quantitative estimate of drug-likeness (QED) is 0.810. The van der Waals surface area contributed by atoms with Crippen LogP contribution in [0.3, 0.4) is 0 Å². The molecule has 0 saturated heterocycles. The van der Waals surface area contributed by atoms with E-state index in [0.29, 0.717) is 0 Å². The first-order valence-corrected chi connectivity index (χ1v) is 7.78. The lowest BCUT2D eigenvalue weighted by atomic mass is 10.1. The maximum atomic E-state index is 8.74. The van der Waals surface area contributed by atoms with Crippen molar-refractivity contribution in [2.24, 2.45) is 0 Å². The van der Waals surface area contributed by atoms with Gasteiger partial charge in [0.1, 0.15) is 0 Å². The number of hydrogen-bond donors (Lipinski definition) is 2. The fraction of sp³-hybridized carbons (Fsp3) is 0. The van der Waals surface area contributed by atoms with Crippen molar-refractivity contribution in [3.63, 3.8) is 0 Å². The highest BCUT2D eigenvalue weighted by atomic mass is 31.1. The number of rotatable bonds is 3. The van der Waals surface area contributed by atoms with Crippen LogP contribution < -0.4 is 0 Å². The van der Waals surface area contributed by atoms with Crippen LogP contribution in [0.4, 0.5) is 0 Å². The Morgan fingerprint density at radius 1 is 0.727 bits per heavy atom. The molecule has 0 aliphatic heterocycles. The van der Waals surface area contributed by atoms with Gasteiger partial charge in [0.05, 0.1) is 0 Å². The highest BCUT2D eigenvalue weighted by Crippen LogP contribution is 2.10. The lowest BCUT2D eigenvalue weighted by Crippen LogP contribution is -1.76. The molecule has 116 valence electrons. The minimum absolute atomic E-state index is 1.14. The van der Waals surface area contributed by atoms with Gasteiger partial charge in [0, 0.05) is 0 Å². The Hall–Kier alpha value is -2.19. The smallest absolute Gasteiger partial charge is 0.314 e. The predicted octanol–water partition coefficient (Wildman–Crippen LogP) is 4.66. The Balaban J connectivity index is 0.000000330. The molecule has 0 saturated carbocycles. The van der Waals surface area contributed by atoms with Gasteiger partial charge in [-0.2, -0.15) is 0 Å². The molecule has 4 heteroatoms. The predicted molar refractivity (Wildman–Crippen MR) is 96.6 cm³/mol. The van der Waals surface area contributed by atoms with Crippen LogP contribution >= 0.6 is 8.25 Å². The topological polar surface area (TPSA) is 57.5 Å². The maximum Gasteiger partial charge on any atom is 0.314 e. The molecule has 0 aliphatic rings. The van der Waals surface area contributed by atoms with Crippen molar-refractivity contribution in [3.8, 4) is 0 Å². The van der Waals surface area contributed by atoms with Gasteiger partial charge >= 0.3 is 8.25 Å². The van der Waals surface area contributed by atoms with E-state index in [-0.39, 0.29) is 0 Å². The largest absolute Gasteiger partial charge is 0.326 e. The summed E-state index contributed by atoms with van der Waals surface area (Å²) >= 11 is 0. The van der Waals surface area contributed by atoms with Gasteiger partial charge in [0.25, 0.3) is 0 Å². The molecule has 0 radical (unpaired) electrons. The van der Waals surface area contributed by atoms with Crippen molar-refractivity contribution in [1.29, 1.82) is 0 Å². The first-order valence-electron chi connectivity index (χ1n) is 6.48. The molecule has 2 aromatic carbocycles. The van der Waals surface area contributed by atoms with E-state index in [4.69, 9.17) is 14.4 Å². The third kappa shape index (κ3) is 9.67. The molecule has 0 aromatic heterocycles. The van der Waals surface area contributed by atoms with Crippen LogP contribution in [0.15, 0.2) is 74.3 Å². The summed E-state index contributed by atoms with van der Waals surface area (Å²) in [4.78, 5) is 14.3. The zero-order valence-corrected chi connectivity index (χ0v) is 13.4. The van der Waals surface area contributed by atoms with Gasteiger partial charge in [-0.1, -0.05) is 92.6 Å². The monoisotopic (exact) mass is 316 g/mol. The van der Waals surface area contributed by atoms with E-state index in [1.165, 1.54) is 5.56 Å². The van der Waals surface area contributed by atoms with Crippen LogP contribution in [0.1, 0.15) is 16.7 Å². The van der Waals surface area contributed by atoms with E-state index < -0.39 is 8.25 Å². The van der Waals surface area contributed by atoms with Gasteiger partial charge in [-0.25, -0.2) is 0 Å². The summed E-state index contributed by atoms with van der Waals surface area (Å²) in [6, 6.07) is 18.0. The molecule has 22 heavy (non-hydrogen) atoms. The average Bonchev–Trinajstić information content (AvgIpc) is 2.55. The summed E-state index contributed by atoms with van der Waals surface area (Å²) in [5.41, 5.74) is 3.45. The first-order chi connectivity index (χ1) is 10.5. The molecule has 0 aliphatic carbocycles. The fourth-order valence-electron chi connectivity index (χ4n) is 1.47. The lowest BCUT2D eigenvalue weighted by Gasteiger charge is -1.96. The van der Waals surface area contributed by atoms with E-state index in [0.717, 1.165) is 11.1 Å². The zero-order chi connectivity index (χ0) is 16.8. The van der Waals surface area contributed by atoms with Gasteiger partial charge in [-0.05, 0) is 16.7 Å². The second-order valence-electron chi connectivity index (χ2n) is 3.93. The van der Waals surface area contributed by atoms with Crippen LogP contribution in [0.5, 0.6) is 0 Å². The standard InChI is InChI=1S/C10H10.C8H8.H3O3P/c1-3-9-7-5-6-8-10(9)4-2;1-2-8-6-4-3-5-7-8;1-4(2)3/h3-8H,1-2H2;2-7H,1H2;4H,(H2,1,2,3). The van der Waals surface area contributed by atoms with Crippen molar-refractivity contribution in [3.05, 3.63) is 91.0 Å². The summed E-state index contributed by atoms with van der Waals surface area (Å²) in [6.45, 7) is 11.0. The molecule has 0 fully saturated rings. The van der Waals surface area contributed by atoms with Crippen LogP contribution in [0.25, 0.3) is 18.2 Å². The van der Waals surface area contributed by atoms with Crippen LogP contribution in [-0.4, -0.2) is 9.79 Å². The average molecular weight is 316 g/mol. The lowest BCUT2D eigenvalue weighted by molar-refractivity contribution is 0.405. The van der Waals surface area contributed by atoms with Crippen LogP contribution in [-0.2, 0) is 4.57 Å². The third-order valence-corrected chi connectivity index (χ3v) is 2.47. The van der Waals surface area contributed by atoms with Gasteiger partial charge in [0.15, 0.2) is 0 Å². The molecule has 0 spiro atoms. The summed E-state index contributed by atoms with van der Waals surface area (Å²) in [7, 11) is -3.13. The molecule has 3 nitrogen and oxygen atoms in total. The van der Waals surface area contributed by atoms with E-state index in [1.54, 1.807) is 0 Å². The van der Waals surface area contributed by atoms with Crippen molar-refractivity contribution in [2.45, 2.75) is 0 Å². The summed E-state index contributed by atoms with van der Waals surface area (Å²) in [5.74, 6) is 0. The maximum absolute atomic E-state index is 8.74. The second-order valence-corrected chi connectivity index (χ2v) is 4.50. The molecule has 2 N–H and O–H groups in total. The van der Waals surface area contributed by atoms with Gasteiger partial charge in [-0.3, -0.25) is 4.57 Å². The number of hydrogen-bond acceptors (Lipinski definition) is 1. The number of benzene rings is 2. The molecular formula is C18H21O3P. The summed E-state index contributed by atoms with van der Waals surface area (Å²) in [6.07, 6.45) is 5.49. The van der Waals surface area contributed by atoms with Crippen molar-refractivity contribution >= 4 is 26.5 Å². The third-order valence-electron chi connectivity index (χ3n) is 2.47. The van der Waals surface area contributed by atoms with E-state index >= 15 is 0 Å². The van der Waals surface area contributed by atoms with Crippen molar-refractivity contribution < 1.29 is 14.4 Å². The Morgan fingerprint density at radius 3 is 1.36 bits per heavy atom. The molecular weight excluding hydrogens is 295 g/mol. The van der Waals surface area contributed by atoms with Gasteiger partial charge in [-0.15, -0.1) is 0 Å². The molecule has 2 aromatic rings. The van der Waals surface area contributed by atoms with Gasteiger partial charge in [0.2, 0.25) is 0 Å². The summed E-state index contributed by atoms with van der Waals surface area (Å²) in [5, 5.41) is 0. The van der Waals surface area contributed by atoms with Crippen LogP contribution in [0, 0.1) is 0 Å². The molecule has 0 atom stereocenters. The second kappa shape index (κ2) is 12.5. The Morgan fingerprint density at radius 2 is 1.09 bits per heavy atom. The SMILES string of the molecule is C=Cc1ccccc1.C=Cc1ccccc1C=C.O=[PH](O)O.